The molecule has 0 bridgehead atoms. The van der Waals surface area contributed by atoms with E-state index >= 15 is 0 Å². The first-order valence-electron chi connectivity index (χ1n) is 3.31. The van der Waals surface area contributed by atoms with Gasteiger partial charge in [-0.1, -0.05) is 18.2 Å². The second-order valence-corrected chi connectivity index (χ2v) is 2.26. The molecule has 0 aliphatic carbocycles. The van der Waals surface area contributed by atoms with Crippen molar-refractivity contribution in [2.45, 2.75) is 0 Å². The van der Waals surface area contributed by atoms with Gasteiger partial charge in [-0.3, -0.25) is 0 Å². The van der Waals surface area contributed by atoms with Crippen molar-refractivity contribution < 1.29 is 0 Å². The maximum atomic E-state index is 10.7. The maximum absolute atomic E-state index is 10.7. The third kappa shape index (κ3) is 1.53. The minimum absolute atomic E-state index is 0. The molecule has 1 heterocycles. The van der Waals surface area contributed by atoms with E-state index in [0.29, 0.717) is 0 Å². The molecule has 1 N–H and O–H groups in total. The molecule has 0 aliphatic heterocycles. The lowest BCUT2D eigenvalue weighted by Gasteiger charge is -1.91. The van der Waals surface area contributed by atoms with Gasteiger partial charge in [0.1, 0.15) is 0 Å². The number of nitrogens with zero attached hydrogens (tertiary/aromatic N) is 1. The lowest BCUT2D eigenvalue weighted by molar-refractivity contribution is 1.12. The summed E-state index contributed by atoms with van der Waals surface area (Å²) in [6.07, 6.45) is 1.66. The van der Waals surface area contributed by atoms with Crippen molar-refractivity contribution in [2.75, 3.05) is 0 Å². The highest BCUT2D eigenvalue weighted by Gasteiger charge is 1.91. The molecule has 2 rings (SSSR count). The zero-order valence-electron chi connectivity index (χ0n) is 6.15. The minimum atomic E-state index is -0.302. The summed E-state index contributed by atoms with van der Waals surface area (Å²) in [5.74, 6) is 0. The van der Waals surface area contributed by atoms with Gasteiger partial charge in [0.15, 0.2) is 0 Å². The SMILES string of the molecule is Br.O=c1nc2ccccc2c[nH]1. The summed E-state index contributed by atoms with van der Waals surface area (Å²) >= 11 is 0. The van der Waals surface area contributed by atoms with Crippen molar-refractivity contribution in [2.24, 2.45) is 0 Å². The smallest absolute Gasteiger partial charge is 0.312 e. The van der Waals surface area contributed by atoms with Crippen LogP contribution in [0, 0.1) is 0 Å². The fraction of sp³-hybridized carbons (Fsp3) is 0. The molecule has 0 saturated carbocycles. The Morgan fingerprint density at radius 3 is 2.83 bits per heavy atom. The van der Waals surface area contributed by atoms with Crippen LogP contribution >= 0.6 is 17.0 Å². The minimum Gasteiger partial charge on any atom is -0.312 e. The van der Waals surface area contributed by atoms with Gasteiger partial charge in [0.25, 0.3) is 0 Å². The lowest BCUT2D eigenvalue weighted by Crippen LogP contribution is -2.07. The molecule has 0 amide bonds. The Balaban J connectivity index is 0.000000720. The first kappa shape index (κ1) is 8.93. The molecule has 3 nitrogen and oxygen atoms in total. The number of halogens is 1. The number of hydrogen-bond donors (Lipinski definition) is 1. The molecule has 0 unspecified atom stereocenters. The molecule has 4 heteroatoms. The molecule has 0 atom stereocenters. The molecular weight excluding hydrogens is 220 g/mol. The fourth-order valence-corrected chi connectivity index (χ4v) is 0.993. The summed E-state index contributed by atoms with van der Waals surface area (Å²) < 4.78 is 0. The van der Waals surface area contributed by atoms with Crippen molar-refractivity contribution in [1.29, 1.82) is 0 Å². The van der Waals surface area contributed by atoms with Gasteiger partial charge in [0.05, 0.1) is 5.52 Å². The van der Waals surface area contributed by atoms with Crippen LogP contribution < -0.4 is 5.69 Å². The van der Waals surface area contributed by atoms with Crippen LogP contribution in [0.4, 0.5) is 0 Å². The third-order valence-corrected chi connectivity index (χ3v) is 1.51. The predicted octanol–water partition coefficient (Wildman–Crippen LogP) is 1.50. The molecule has 0 spiro atoms. The molecule has 0 aliphatic rings. The van der Waals surface area contributed by atoms with Gasteiger partial charge in [-0.05, 0) is 6.07 Å². The van der Waals surface area contributed by atoms with Crippen molar-refractivity contribution in [3.63, 3.8) is 0 Å². The van der Waals surface area contributed by atoms with Crippen molar-refractivity contribution in [3.8, 4) is 0 Å². The number of hydrogen-bond acceptors (Lipinski definition) is 2. The number of aromatic nitrogens is 2. The molecule has 2 aromatic rings. The number of fused-ring (bicyclic) bond motifs is 1. The van der Waals surface area contributed by atoms with Gasteiger partial charge >= 0.3 is 5.69 Å². The monoisotopic (exact) mass is 226 g/mol. The van der Waals surface area contributed by atoms with Crippen molar-refractivity contribution >= 4 is 27.9 Å². The fourth-order valence-electron chi connectivity index (χ4n) is 0.993. The second-order valence-electron chi connectivity index (χ2n) is 2.26. The Morgan fingerprint density at radius 1 is 1.25 bits per heavy atom. The number of aromatic amines is 1. The van der Waals surface area contributed by atoms with Crippen LogP contribution in [0.25, 0.3) is 10.9 Å². The third-order valence-electron chi connectivity index (χ3n) is 1.51. The maximum Gasteiger partial charge on any atom is 0.345 e. The summed E-state index contributed by atoms with van der Waals surface area (Å²) in [5, 5.41) is 0.951. The van der Waals surface area contributed by atoms with E-state index in [1.807, 2.05) is 24.3 Å². The van der Waals surface area contributed by atoms with Gasteiger partial charge in [-0.25, -0.2) is 4.79 Å². The van der Waals surface area contributed by atoms with Crippen molar-refractivity contribution in [1.82, 2.24) is 9.97 Å². The standard InChI is InChI=1S/C8H6N2O.BrH/c11-8-9-5-6-3-1-2-4-7(6)10-8;/h1-5H,(H,9,10,11);1H. The van der Waals surface area contributed by atoms with Crippen LogP contribution in [0.2, 0.25) is 0 Å². The van der Waals surface area contributed by atoms with Gasteiger partial charge in [0, 0.05) is 11.6 Å². The van der Waals surface area contributed by atoms with Gasteiger partial charge in [0.2, 0.25) is 0 Å². The summed E-state index contributed by atoms with van der Waals surface area (Å²) in [5.41, 5.74) is 0.431. The number of benzene rings is 1. The molecule has 12 heavy (non-hydrogen) atoms. The topological polar surface area (TPSA) is 45.8 Å². The quantitative estimate of drug-likeness (QED) is 0.741. The van der Waals surface area contributed by atoms with Crippen LogP contribution in [0.5, 0.6) is 0 Å². The normalized spacial score (nSPS) is 9.33. The zero-order valence-corrected chi connectivity index (χ0v) is 7.86. The molecule has 62 valence electrons. The molecular formula is C8H7BrN2O. The molecule has 0 radical (unpaired) electrons. The molecule has 0 fully saturated rings. The average molecular weight is 227 g/mol. The lowest BCUT2D eigenvalue weighted by atomic mass is 10.2. The number of H-pyrrole nitrogens is 1. The summed E-state index contributed by atoms with van der Waals surface area (Å²) in [7, 11) is 0. The Hall–Kier alpha value is -1.16. The number of rotatable bonds is 0. The van der Waals surface area contributed by atoms with E-state index in [1.165, 1.54) is 0 Å². The van der Waals surface area contributed by atoms with E-state index in [1.54, 1.807) is 6.20 Å². The average Bonchev–Trinajstić information content (AvgIpc) is 2.04. The number of para-hydroxylation sites is 1. The highest BCUT2D eigenvalue weighted by molar-refractivity contribution is 8.93. The van der Waals surface area contributed by atoms with E-state index in [9.17, 15) is 4.79 Å². The largest absolute Gasteiger partial charge is 0.345 e. The van der Waals surface area contributed by atoms with Gasteiger partial charge < -0.3 is 4.98 Å². The van der Waals surface area contributed by atoms with E-state index in [-0.39, 0.29) is 22.7 Å². The highest BCUT2D eigenvalue weighted by Crippen LogP contribution is 2.05. The summed E-state index contributed by atoms with van der Waals surface area (Å²) in [6.45, 7) is 0. The first-order valence-corrected chi connectivity index (χ1v) is 3.31. The predicted molar refractivity (Wildman–Crippen MR) is 52.7 cm³/mol. The van der Waals surface area contributed by atoms with E-state index in [0.717, 1.165) is 10.9 Å². The Morgan fingerprint density at radius 2 is 2.00 bits per heavy atom. The van der Waals surface area contributed by atoms with Crippen LogP contribution in [0.1, 0.15) is 0 Å². The van der Waals surface area contributed by atoms with Crippen LogP contribution in [0.3, 0.4) is 0 Å². The van der Waals surface area contributed by atoms with Crippen LogP contribution in [-0.4, -0.2) is 9.97 Å². The summed E-state index contributed by atoms with van der Waals surface area (Å²) in [4.78, 5) is 17.0. The van der Waals surface area contributed by atoms with Crippen LogP contribution in [0.15, 0.2) is 35.3 Å². The molecule has 0 saturated heterocycles. The van der Waals surface area contributed by atoms with E-state index < -0.39 is 0 Å². The van der Waals surface area contributed by atoms with Gasteiger partial charge in [-0.15, -0.1) is 17.0 Å². The first-order chi connectivity index (χ1) is 5.36. The molecule has 1 aromatic heterocycles. The Labute approximate surface area is 79.2 Å². The molecule has 1 aromatic carbocycles. The summed E-state index contributed by atoms with van der Waals surface area (Å²) in [6, 6.07) is 7.47. The van der Waals surface area contributed by atoms with E-state index in [4.69, 9.17) is 0 Å². The van der Waals surface area contributed by atoms with Gasteiger partial charge in [-0.2, -0.15) is 4.98 Å². The highest BCUT2D eigenvalue weighted by atomic mass is 79.9. The van der Waals surface area contributed by atoms with E-state index in [2.05, 4.69) is 9.97 Å². The second kappa shape index (κ2) is 3.49. The Kier molecular flexibility index (Phi) is 2.60. The number of nitrogens with one attached hydrogen (secondary N) is 1. The van der Waals surface area contributed by atoms with Crippen LogP contribution in [-0.2, 0) is 0 Å². The van der Waals surface area contributed by atoms with Crippen molar-refractivity contribution in [3.05, 3.63) is 40.9 Å². The Bertz CT molecular complexity index is 438. The zero-order chi connectivity index (χ0) is 7.68.